The molecule has 0 aliphatic heterocycles. The van der Waals surface area contributed by atoms with Gasteiger partial charge in [0.05, 0.1) is 7.11 Å². The van der Waals surface area contributed by atoms with Gasteiger partial charge in [0.25, 0.3) is 0 Å². The average Bonchev–Trinajstić information content (AvgIpc) is 2.73. The zero-order chi connectivity index (χ0) is 14.0. The first-order chi connectivity index (χ1) is 8.92. The molecule has 2 rings (SSSR count). The average molecular weight is 304 g/mol. The first kappa shape index (κ1) is 14.6. The van der Waals surface area contributed by atoms with Crippen LogP contribution in [0.3, 0.4) is 0 Å². The fourth-order valence-corrected chi connectivity index (χ4v) is 4.06. The molecule has 2 atom stereocenters. The molecular formula is C13H18ClNO3S. The van der Waals surface area contributed by atoms with Gasteiger partial charge >= 0.3 is 0 Å². The van der Waals surface area contributed by atoms with Crippen LogP contribution in [-0.4, -0.2) is 21.6 Å². The largest absolute Gasteiger partial charge is 0.495 e. The fraction of sp³-hybridized carbons (Fsp3) is 0.538. The summed E-state index contributed by atoms with van der Waals surface area (Å²) < 4.78 is 32.5. The van der Waals surface area contributed by atoms with Gasteiger partial charge in [-0.1, -0.05) is 18.5 Å². The molecule has 106 valence electrons. The Hall–Kier alpha value is -0.780. The molecule has 1 aromatic rings. The predicted octanol–water partition coefficient (Wildman–Crippen LogP) is 2.82. The van der Waals surface area contributed by atoms with Crippen molar-refractivity contribution in [2.75, 3.05) is 7.11 Å². The lowest BCUT2D eigenvalue weighted by Gasteiger charge is -2.15. The highest BCUT2D eigenvalue weighted by Crippen LogP contribution is 2.30. The zero-order valence-electron chi connectivity index (χ0n) is 11.0. The molecule has 0 spiro atoms. The van der Waals surface area contributed by atoms with Crippen LogP contribution in [0.25, 0.3) is 0 Å². The quantitative estimate of drug-likeness (QED) is 0.930. The number of hydrogen-bond acceptors (Lipinski definition) is 3. The van der Waals surface area contributed by atoms with Crippen molar-refractivity contribution in [3.63, 3.8) is 0 Å². The van der Waals surface area contributed by atoms with Crippen LogP contribution in [0, 0.1) is 5.92 Å². The van der Waals surface area contributed by atoms with E-state index in [1.54, 1.807) is 6.07 Å². The van der Waals surface area contributed by atoms with Crippen LogP contribution in [0.2, 0.25) is 5.02 Å². The minimum absolute atomic E-state index is 0.0142. The molecule has 19 heavy (non-hydrogen) atoms. The summed E-state index contributed by atoms with van der Waals surface area (Å²) in [6, 6.07) is 4.55. The third-order valence-corrected chi connectivity index (χ3v) is 5.23. The maximum atomic E-state index is 12.4. The number of hydrogen-bond donors (Lipinski definition) is 1. The van der Waals surface area contributed by atoms with Gasteiger partial charge in [0.15, 0.2) is 0 Å². The molecule has 1 N–H and O–H groups in total. The Morgan fingerprint density at radius 2 is 2.11 bits per heavy atom. The highest BCUT2D eigenvalue weighted by atomic mass is 35.5. The lowest BCUT2D eigenvalue weighted by molar-refractivity contribution is 0.402. The summed E-state index contributed by atoms with van der Waals surface area (Å²) in [4.78, 5) is 0.138. The maximum Gasteiger partial charge on any atom is 0.244 e. The summed E-state index contributed by atoms with van der Waals surface area (Å²) >= 11 is 5.84. The molecule has 0 heterocycles. The summed E-state index contributed by atoms with van der Waals surface area (Å²) in [5.41, 5.74) is 0. The molecule has 1 aromatic carbocycles. The minimum atomic E-state index is -3.56. The first-order valence-corrected chi connectivity index (χ1v) is 8.14. The molecule has 0 amide bonds. The van der Waals surface area contributed by atoms with E-state index in [2.05, 4.69) is 11.6 Å². The summed E-state index contributed by atoms with van der Waals surface area (Å²) in [5, 5.41) is 0.449. The predicted molar refractivity (Wildman–Crippen MR) is 75.1 cm³/mol. The number of halogens is 1. The molecule has 1 aliphatic carbocycles. The standard InChI is InChI=1S/C13H18ClNO3S/c1-9-3-5-11(7-9)15-19(16,17)13-6-4-10(14)8-12(13)18-2/h4,6,8-9,11,15H,3,5,7H2,1-2H3. The highest BCUT2D eigenvalue weighted by molar-refractivity contribution is 7.89. The van der Waals surface area contributed by atoms with Gasteiger partial charge in [-0.25, -0.2) is 13.1 Å². The van der Waals surface area contributed by atoms with E-state index in [1.165, 1.54) is 19.2 Å². The van der Waals surface area contributed by atoms with Crippen LogP contribution >= 0.6 is 11.6 Å². The molecule has 1 aliphatic rings. The van der Waals surface area contributed by atoms with Crippen LogP contribution in [0.1, 0.15) is 26.2 Å². The lowest BCUT2D eigenvalue weighted by Crippen LogP contribution is -2.33. The van der Waals surface area contributed by atoms with Gasteiger partial charge in [-0.3, -0.25) is 0 Å². The van der Waals surface area contributed by atoms with E-state index in [1.807, 2.05) is 0 Å². The van der Waals surface area contributed by atoms with Crippen molar-refractivity contribution >= 4 is 21.6 Å². The van der Waals surface area contributed by atoms with Gasteiger partial charge in [-0.05, 0) is 37.3 Å². The molecule has 1 saturated carbocycles. The fourth-order valence-electron chi connectivity index (χ4n) is 2.46. The van der Waals surface area contributed by atoms with E-state index >= 15 is 0 Å². The lowest BCUT2D eigenvalue weighted by atomic mass is 10.1. The molecule has 6 heteroatoms. The molecule has 4 nitrogen and oxygen atoms in total. The van der Waals surface area contributed by atoms with E-state index in [-0.39, 0.29) is 16.7 Å². The van der Waals surface area contributed by atoms with E-state index in [0.717, 1.165) is 19.3 Å². The van der Waals surface area contributed by atoms with Crippen LogP contribution in [-0.2, 0) is 10.0 Å². The Balaban J connectivity index is 2.24. The van der Waals surface area contributed by atoms with Crippen molar-refractivity contribution in [3.05, 3.63) is 23.2 Å². The second-order valence-electron chi connectivity index (χ2n) is 5.03. The normalized spacial score (nSPS) is 23.5. The Bertz CT molecular complexity index is 559. The van der Waals surface area contributed by atoms with E-state index in [4.69, 9.17) is 16.3 Å². The summed E-state index contributed by atoms with van der Waals surface area (Å²) in [6.07, 6.45) is 2.83. The molecule has 1 fully saturated rings. The van der Waals surface area contributed by atoms with Crippen molar-refractivity contribution in [3.8, 4) is 5.75 Å². The topological polar surface area (TPSA) is 55.4 Å². The number of rotatable bonds is 4. The number of methoxy groups -OCH3 is 1. The summed E-state index contributed by atoms with van der Waals surface area (Å²) in [6.45, 7) is 2.14. The van der Waals surface area contributed by atoms with Crippen molar-refractivity contribution in [1.29, 1.82) is 0 Å². The molecular weight excluding hydrogens is 286 g/mol. The van der Waals surface area contributed by atoms with Gasteiger partial charge in [0.1, 0.15) is 10.6 Å². The van der Waals surface area contributed by atoms with E-state index in [9.17, 15) is 8.42 Å². The number of ether oxygens (including phenoxy) is 1. The smallest absolute Gasteiger partial charge is 0.244 e. The third kappa shape index (κ3) is 3.41. The number of sulfonamides is 1. The molecule has 0 aromatic heterocycles. The van der Waals surface area contributed by atoms with Crippen molar-refractivity contribution in [2.24, 2.45) is 5.92 Å². The van der Waals surface area contributed by atoms with Crippen LogP contribution in [0.4, 0.5) is 0 Å². The summed E-state index contributed by atoms with van der Waals surface area (Å²) in [7, 11) is -2.13. The van der Waals surface area contributed by atoms with Crippen LogP contribution in [0.15, 0.2) is 23.1 Å². The second-order valence-corrected chi connectivity index (χ2v) is 7.15. The van der Waals surface area contributed by atoms with E-state index < -0.39 is 10.0 Å². The SMILES string of the molecule is COc1cc(Cl)ccc1S(=O)(=O)NC1CCC(C)C1. The van der Waals surface area contributed by atoms with Crippen molar-refractivity contribution in [2.45, 2.75) is 37.1 Å². The van der Waals surface area contributed by atoms with Gasteiger partial charge in [0.2, 0.25) is 10.0 Å². The van der Waals surface area contributed by atoms with Gasteiger partial charge in [-0.2, -0.15) is 0 Å². The Labute approximate surface area is 119 Å². The Morgan fingerprint density at radius 3 is 2.68 bits per heavy atom. The van der Waals surface area contributed by atoms with Gasteiger partial charge in [0, 0.05) is 17.1 Å². The Morgan fingerprint density at radius 1 is 1.37 bits per heavy atom. The Kier molecular flexibility index (Phi) is 4.38. The maximum absolute atomic E-state index is 12.4. The van der Waals surface area contributed by atoms with Crippen molar-refractivity contribution < 1.29 is 13.2 Å². The van der Waals surface area contributed by atoms with Gasteiger partial charge < -0.3 is 4.74 Å². The minimum Gasteiger partial charge on any atom is -0.495 e. The number of benzene rings is 1. The highest BCUT2D eigenvalue weighted by Gasteiger charge is 2.28. The summed E-state index contributed by atoms with van der Waals surface area (Å²) in [5.74, 6) is 0.839. The zero-order valence-corrected chi connectivity index (χ0v) is 12.6. The third-order valence-electron chi connectivity index (χ3n) is 3.43. The number of nitrogens with one attached hydrogen (secondary N) is 1. The molecule has 0 saturated heterocycles. The van der Waals surface area contributed by atoms with Crippen molar-refractivity contribution in [1.82, 2.24) is 4.72 Å². The van der Waals surface area contributed by atoms with E-state index in [0.29, 0.717) is 10.9 Å². The van der Waals surface area contributed by atoms with Crippen LogP contribution < -0.4 is 9.46 Å². The van der Waals surface area contributed by atoms with Gasteiger partial charge in [-0.15, -0.1) is 0 Å². The second kappa shape index (κ2) is 5.69. The molecule has 2 unspecified atom stereocenters. The molecule has 0 radical (unpaired) electrons. The monoisotopic (exact) mass is 303 g/mol. The first-order valence-electron chi connectivity index (χ1n) is 6.28. The van der Waals surface area contributed by atoms with Crippen LogP contribution in [0.5, 0.6) is 5.75 Å². The molecule has 0 bridgehead atoms.